The molecule has 0 amide bonds. The van der Waals surface area contributed by atoms with Gasteiger partial charge in [-0.1, -0.05) is 6.07 Å². The summed E-state index contributed by atoms with van der Waals surface area (Å²) in [6, 6.07) is 6.00. The minimum Gasteiger partial charge on any atom is -0.494 e. The zero-order valence-corrected chi connectivity index (χ0v) is 13.8. The minimum atomic E-state index is -0.372. The monoisotopic (exact) mass is 321 g/mol. The van der Waals surface area contributed by atoms with Crippen molar-refractivity contribution >= 4 is 0 Å². The normalized spacial score (nSPS) is 28.4. The Morgan fingerprint density at radius 2 is 2.30 bits per heavy atom. The Balaban J connectivity index is 1.69. The molecule has 2 aliphatic rings. The summed E-state index contributed by atoms with van der Waals surface area (Å²) >= 11 is 0. The second-order valence-electron chi connectivity index (χ2n) is 6.57. The molecule has 5 heteroatoms. The SMILES string of the molecule is CCOc1ccc(CN2CC[C@H](O)[C@]3(CCCO3)C2)cc1CO. The van der Waals surface area contributed by atoms with Crippen LogP contribution in [0.15, 0.2) is 18.2 Å². The average Bonchev–Trinajstić information content (AvgIpc) is 3.02. The minimum absolute atomic E-state index is 0.0189. The zero-order valence-electron chi connectivity index (χ0n) is 13.8. The molecule has 2 aliphatic heterocycles. The van der Waals surface area contributed by atoms with Crippen LogP contribution < -0.4 is 4.74 Å². The Bertz CT molecular complexity index is 528. The van der Waals surface area contributed by atoms with E-state index in [0.717, 1.165) is 62.4 Å². The lowest BCUT2D eigenvalue weighted by atomic mass is 9.87. The number of nitrogens with zero attached hydrogens (tertiary/aromatic N) is 1. The van der Waals surface area contributed by atoms with Gasteiger partial charge in [0.1, 0.15) is 11.4 Å². The van der Waals surface area contributed by atoms with E-state index in [2.05, 4.69) is 11.0 Å². The molecular weight excluding hydrogens is 294 g/mol. The Labute approximate surface area is 137 Å². The zero-order chi connectivity index (χ0) is 16.3. The Kier molecular flexibility index (Phi) is 5.21. The molecule has 0 saturated carbocycles. The summed E-state index contributed by atoms with van der Waals surface area (Å²) in [4.78, 5) is 2.34. The largest absolute Gasteiger partial charge is 0.494 e. The summed E-state index contributed by atoms with van der Waals surface area (Å²) < 4.78 is 11.4. The molecule has 0 aliphatic carbocycles. The summed E-state index contributed by atoms with van der Waals surface area (Å²) in [7, 11) is 0. The molecule has 1 aromatic carbocycles. The van der Waals surface area contributed by atoms with Crippen molar-refractivity contribution in [2.75, 3.05) is 26.3 Å². The van der Waals surface area contributed by atoms with E-state index >= 15 is 0 Å². The molecule has 2 N–H and O–H groups in total. The predicted octanol–water partition coefficient (Wildman–Crippen LogP) is 1.69. The molecule has 23 heavy (non-hydrogen) atoms. The highest BCUT2D eigenvalue weighted by Gasteiger charge is 2.45. The van der Waals surface area contributed by atoms with Gasteiger partial charge in [-0.3, -0.25) is 4.90 Å². The molecule has 1 aromatic rings. The quantitative estimate of drug-likeness (QED) is 0.864. The first kappa shape index (κ1) is 16.7. The molecule has 2 fully saturated rings. The lowest BCUT2D eigenvalue weighted by Gasteiger charge is -2.43. The van der Waals surface area contributed by atoms with Gasteiger partial charge in [-0.2, -0.15) is 0 Å². The van der Waals surface area contributed by atoms with Crippen LogP contribution in [0.2, 0.25) is 0 Å². The third kappa shape index (κ3) is 3.53. The third-order valence-corrected chi connectivity index (χ3v) is 4.95. The summed E-state index contributed by atoms with van der Waals surface area (Å²) in [5, 5.41) is 19.9. The molecule has 0 unspecified atom stereocenters. The van der Waals surface area contributed by atoms with Crippen molar-refractivity contribution in [2.24, 2.45) is 0 Å². The molecule has 2 heterocycles. The van der Waals surface area contributed by atoms with Crippen LogP contribution in [-0.4, -0.2) is 53.1 Å². The van der Waals surface area contributed by atoms with E-state index in [1.807, 2.05) is 19.1 Å². The van der Waals surface area contributed by atoms with Crippen molar-refractivity contribution in [3.05, 3.63) is 29.3 Å². The first-order valence-electron chi connectivity index (χ1n) is 8.56. The molecule has 5 nitrogen and oxygen atoms in total. The van der Waals surface area contributed by atoms with Crippen LogP contribution in [0.25, 0.3) is 0 Å². The number of ether oxygens (including phenoxy) is 2. The van der Waals surface area contributed by atoms with Crippen LogP contribution in [0, 0.1) is 0 Å². The van der Waals surface area contributed by atoms with E-state index in [4.69, 9.17) is 9.47 Å². The number of hydrogen-bond donors (Lipinski definition) is 2. The molecule has 1 spiro atoms. The molecule has 0 bridgehead atoms. The van der Waals surface area contributed by atoms with Crippen molar-refractivity contribution in [3.63, 3.8) is 0 Å². The van der Waals surface area contributed by atoms with Gasteiger partial charge < -0.3 is 19.7 Å². The summed E-state index contributed by atoms with van der Waals surface area (Å²) in [5.41, 5.74) is 1.61. The van der Waals surface area contributed by atoms with Crippen molar-refractivity contribution in [2.45, 2.75) is 51.0 Å². The number of aliphatic hydroxyl groups is 2. The van der Waals surface area contributed by atoms with Crippen LogP contribution in [0.1, 0.15) is 37.3 Å². The number of rotatable bonds is 5. The molecule has 3 rings (SSSR count). The van der Waals surface area contributed by atoms with E-state index in [1.165, 1.54) is 0 Å². The average molecular weight is 321 g/mol. The fourth-order valence-corrected chi connectivity index (χ4v) is 3.78. The molecule has 128 valence electrons. The lowest BCUT2D eigenvalue weighted by Crippen LogP contribution is -2.56. The molecule has 0 aromatic heterocycles. The van der Waals surface area contributed by atoms with Crippen molar-refractivity contribution < 1.29 is 19.7 Å². The van der Waals surface area contributed by atoms with Crippen LogP contribution in [0.4, 0.5) is 0 Å². The van der Waals surface area contributed by atoms with Crippen molar-refractivity contribution in [1.82, 2.24) is 4.90 Å². The van der Waals surface area contributed by atoms with Gasteiger partial charge in [-0.05, 0) is 43.9 Å². The fraction of sp³-hybridized carbons (Fsp3) is 0.667. The van der Waals surface area contributed by atoms with E-state index in [0.29, 0.717) is 6.61 Å². The van der Waals surface area contributed by atoms with Crippen molar-refractivity contribution in [1.29, 1.82) is 0 Å². The topological polar surface area (TPSA) is 62.2 Å². The van der Waals surface area contributed by atoms with E-state index in [-0.39, 0.29) is 18.3 Å². The van der Waals surface area contributed by atoms with Gasteiger partial charge >= 0.3 is 0 Å². The highest BCUT2D eigenvalue weighted by molar-refractivity contribution is 5.37. The lowest BCUT2D eigenvalue weighted by molar-refractivity contribution is -0.132. The maximum Gasteiger partial charge on any atom is 0.124 e. The maximum atomic E-state index is 10.3. The highest BCUT2D eigenvalue weighted by Crippen LogP contribution is 2.35. The Morgan fingerprint density at radius 3 is 3.00 bits per heavy atom. The summed E-state index contributed by atoms with van der Waals surface area (Å²) in [6.07, 6.45) is 2.37. The highest BCUT2D eigenvalue weighted by atomic mass is 16.5. The van der Waals surface area contributed by atoms with E-state index in [1.54, 1.807) is 0 Å². The third-order valence-electron chi connectivity index (χ3n) is 4.95. The summed E-state index contributed by atoms with van der Waals surface area (Å²) in [6.45, 7) is 5.71. The number of benzene rings is 1. The number of likely N-dealkylation sites (tertiary alicyclic amines) is 1. The molecule has 0 radical (unpaired) electrons. The van der Waals surface area contributed by atoms with Gasteiger partial charge in [-0.15, -0.1) is 0 Å². The first-order chi connectivity index (χ1) is 11.2. The van der Waals surface area contributed by atoms with Gasteiger partial charge in [-0.25, -0.2) is 0 Å². The standard InChI is InChI=1S/C18H27NO4/c1-2-22-16-5-4-14(10-15(16)12-20)11-19-8-6-17(21)18(13-19)7-3-9-23-18/h4-5,10,17,20-21H,2-3,6-9,11-13H2,1H3/t17-,18-/m0/s1. The van der Waals surface area contributed by atoms with E-state index < -0.39 is 0 Å². The molecular formula is C18H27NO4. The van der Waals surface area contributed by atoms with Crippen molar-refractivity contribution in [3.8, 4) is 5.75 Å². The van der Waals surface area contributed by atoms with Gasteiger partial charge in [0.05, 0.1) is 19.3 Å². The number of piperidine rings is 1. The second-order valence-corrected chi connectivity index (χ2v) is 6.57. The van der Waals surface area contributed by atoms with Crippen LogP contribution in [0.5, 0.6) is 5.75 Å². The fourth-order valence-electron chi connectivity index (χ4n) is 3.78. The maximum absolute atomic E-state index is 10.3. The van der Waals surface area contributed by atoms with Crippen LogP contribution in [0.3, 0.4) is 0 Å². The van der Waals surface area contributed by atoms with Gasteiger partial charge in [0.15, 0.2) is 0 Å². The number of hydrogen-bond acceptors (Lipinski definition) is 5. The van der Waals surface area contributed by atoms with Crippen LogP contribution in [-0.2, 0) is 17.9 Å². The smallest absolute Gasteiger partial charge is 0.124 e. The summed E-state index contributed by atoms with van der Waals surface area (Å²) in [5.74, 6) is 0.753. The molecule has 2 atom stereocenters. The Hall–Kier alpha value is -1.14. The predicted molar refractivity (Wildman–Crippen MR) is 87.4 cm³/mol. The Morgan fingerprint density at radius 1 is 1.43 bits per heavy atom. The molecule has 2 saturated heterocycles. The first-order valence-corrected chi connectivity index (χ1v) is 8.56. The van der Waals surface area contributed by atoms with E-state index in [9.17, 15) is 10.2 Å². The number of aliphatic hydroxyl groups excluding tert-OH is 2. The van der Waals surface area contributed by atoms with Gasteiger partial charge in [0.25, 0.3) is 0 Å². The van der Waals surface area contributed by atoms with Crippen LogP contribution >= 0.6 is 0 Å². The van der Waals surface area contributed by atoms with Gasteiger partial charge in [0, 0.05) is 31.8 Å². The second kappa shape index (κ2) is 7.18. The van der Waals surface area contributed by atoms with Gasteiger partial charge in [0.2, 0.25) is 0 Å².